The molecule has 0 aliphatic carbocycles. The molecule has 0 saturated carbocycles. The zero-order chi connectivity index (χ0) is 19.1. The van der Waals surface area contributed by atoms with Crippen LogP contribution in [-0.2, 0) is 4.74 Å². The summed E-state index contributed by atoms with van der Waals surface area (Å²) in [6.07, 6.45) is 2.87. The number of hydrogen-bond acceptors (Lipinski definition) is 5. The number of nitrogens with one attached hydrogen (secondary N) is 2. The van der Waals surface area contributed by atoms with Gasteiger partial charge in [-0.3, -0.25) is 19.5 Å². The number of ether oxygens (including phenoxy) is 1. The van der Waals surface area contributed by atoms with Gasteiger partial charge in [-0.05, 0) is 24.3 Å². The van der Waals surface area contributed by atoms with E-state index in [4.69, 9.17) is 16.3 Å². The Labute approximate surface area is 162 Å². The molecular formula is C19H21ClN4O3. The van der Waals surface area contributed by atoms with Crippen molar-refractivity contribution in [1.29, 1.82) is 0 Å². The number of nitrogens with zero attached hydrogens (tertiary/aromatic N) is 2. The molecule has 1 aromatic heterocycles. The number of carbonyl (C=O) groups is 2. The molecule has 0 radical (unpaired) electrons. The van der Waals surface area contributed by atoms with Gasteiger partial charge in [-0.15, -0.1) is 0 Å². The third-order valence-electron chi connectivity index (χ3n) is 4.16. The fourth-order valence-corrected chi connectivity index (χ4v) is 2.90. The third kappa shape index (κ3) is 5.75. The number of hydrogen-bond donors (Lipinski definition) is 2. The molecule has 1 aliphatic rings. The van der Waals surface area contributed by atoms with Crippen LogP contribution in [0.5, 0.6) is 0 Å². The van der Waals surface area contributed by atoms with Crippen LogP contribution in [0.2, 0.25) is 5.02 Å². The van der Waals surface area contributed by atoms with Gasteiger partial charge in [0.1, 0.15) is 0 Å². The number of anilines is 1. The number of benzene rings is 1. The summed E-state index contributed by atoms with van der Waals surface area (Å²) in [4.78, 5) is 30.9. The standard InChI is InChI=1S/C19H21ClN4O3/c20-16-2-1-3-17(11-16)23-19(26)15-10-14(12-21-13-15)18(25)22-4-5-24-6-8-27-9-7-24/h1-3,10-13H,4-9H2,(H,22,25)(H,23,26). The van der Waals surface area contributed by atoms with E-state index in [0.717, 1.165) is 32.8 Å². The molecule has 0 bridgehead atoms. The normalized spacial score (nSPS) is 14.6. The minimum absolute atomic E-state index is 0.256. The number of carbonyl (C=O) groups excluding carboxylic acids is 2. The van der Waals surface area contributed by atoms with Gasteiger partial charge in [0.25, 0.3) is 11.8 Å². The van der Waals surface area contributed by atoms with E-state index in [-0.39, 0.29) is 11.8 Å². The molecule has 2 N–H and O–H groups in total. The molecule has 1 fully saturated rings. The average Bonchev–Trinajstić information content (AvgIpc) is 2.69. The molecule has 0 spiro atoms. The number of rotatable bonds is 6. The molecule has 8 heteroatoms. The zero-order valence-electron chi connectivity index (χ0n) is 14.8. The molecular weight excluding hydrogens is 368 g/mol. The summed E-state index contributed by atoms with van der Waals surface area (Å²) in [7, 11) is 0. The number of morpholine rings is 1. The molecule has 0 unspecified atom stereocenters. The van der Waals surface area contributed by atoms with Crippen LogP contribution < -0.4 is 10.6 Å². The van der Waals surface area contributed by atoms with E-state index < -0.39 is 0 Å². The monoisotopic (exact) mass is 388 g/mol. The highest BCUT2D eigenvalue weighted by Gasteiger charge is 2.13. The largest absolute Gasteiger partial charge is 0.379 e. The van der Waals surface area contributed by atoms with Crippen LogP contribution in [0.25, 0.3) is 0 Å². The third-order valence-corrected chi connectivity index (χ3v) is 4.40. The summed E-state index contributed by atoms with van der Waals surface area (Å²) in [5.74, 6) is -0.610. The first-order valence-corrected chi connectivity index (χ1v) is 9.10. The van der Waals surface area contributed by atoms with E-state index in [2.05, 4.69) is 20.5 Å². The zero-order valence-corrected chi connectivity index (χ0v) is 15.5. The Hall–Kier alpha value is -2.48. The summed E-state index contributed by atoms with van der Waals surface area (Å²) in [6, 6.07) is 8.38. The van der Waals surface area contributed by atoms with Gasteiger partial charge in [-0.2, -0.15) is 0 Å². The predicted molar refractivity (Wildman–Crippen MR) is 103 cm³/mol. The van der Waals surface area contributed by atoms with Gasteiger partial charge in [0.2, 0.25) is 0 Å². The van der Waals surface area contributed by atoms with E-state index in [1.807, 2.05) is 0 Å². The van der Waals surface area contributed by atoms with Gasteiger partial charge < -0.3 is 15.4 Å². The summed E-state index contributed by atoms with van der Waals surface area (Å²) in [5.41, 5.74) is 1.22. The number of amides is 2. The maximum Gasteiger partial charge on any atom is 0.257 e. The van der Waals surface area contributed by atoms with E-state index in [1.165, 1.54) is 18.5 Å². The van der Waals surface area contributed by atoms with Gasteiger partial charge in [0.15, 0.2) is 0 Å². The van der Waals surface area contributed by atoms with Crippen LogP contribution >= 0.6 is 11.6 Å². The Kier molecular flexibility index (Phi) is 6.75. The highest BCUT2D eigenvalue weighted by atomic mass is 35.5. The summed E-state index contributed by atoms with van der Waals surface area (Å²) in [5, 5.41) is 6.12. The Morgan fingerprint density at radius 3 is 2.59 bits per heavy atom. The van der Waals surface area contributed by atoms with Crippen LogP contribution in [0.15, 0.2) is 42.7 Å². The average molecular weight is 389 g/mol. The predicted octanol–water partition coefficient (Wildman–Crippen LogP) is 2.05. The van der Waals surface area contributed by atoms with E-state index in [9.17, 15) is 9.59 Å². The molecule has 142 valence electrons. The summed E-state index contributed by atoms with van der Waals surface area (Å²) >= 11 is 5.92. The van der Waals surface area contributed by atoms with Gasteiger partial charge in [-0.1, -0.05) is 17.7 Å². The molecule has 7 nitrogen and oxygen atoms in total. The molecule has 1 aliphatic heterocycles. The topological polar surface area (TPSA) is 83.6 Å². The second kappa shape index (κ2) is 9.45. The minimum atomic E-state index is -0.354. The number of aromatic nitrogens is 1. The maximum absolute atomic E-state index is 12.4. The van der Waals surface area contributed by atoms with Crippen LogP contribution in [0, 0.1) is 0 Å². The molecule has 2 heterocycles. The minimum Gasteiger partial charge on any atom is -0.379 e. The lowest BCUT2D eigenvalue weighted by molar-refractivity contribution is 0.0383. The van der Waals surface area contributed by atoms with Crippen molar-refractivity contribution in [3.05, 3.63) is 58.9 Å². The first kappa shape index (κ1) is 19.3. The van der Waals surface area contributed by atoms with Crippen molar-refractivity contribution in [2.75, 3.05) is 44.7 Å². The van der Waals surface area contributed by atoms with Gasteiger partial charge in [0.05, 0.1) is 24.3 Å². The number of halogens is 1. The Balaban J connectivity index is 1.55. The lowest BCUT2D eigenvalue weighted by Gasteiger charge is -2.26. The maximum atomic E-state index is 12.4. The van der Waals surface area contributed by atoms with Crippen molar-refractivity contribution >= 4 is 29.1 Å². The smallest absolute Gasteiger partial charge is 0.257 e. The van der Waals surface area contributed by atoms with Gasteiger partial charge in [0, 0.05) is 49.3 Å². The SMILES string of the molecule is O=C(NCCN1CCOCC1)c1cncc(C(=O)Nc2cccc(Cl)c2)c1. The number of pyridine rings is 1. The lowest BCUT2D eigenvalue weighted by atomic mass is 10.2. The van der Waals surface area contributed by atoms with Crippen molar-refractivity contribution in [3.63, 3.8) is 0 Å². The molecule has 2 amide bonds. The molecule has 1 aromatic carbocycles. The first-order chi connectivity index (χ1) is 13.1. The van der Waals surface area contributed by atoms with Crippen LogP contribution in [0.3, 0.4) is 0 Å². The Bertz CT molecular complexity index is 809. The first-order valence-electron chi connectivity index (χ1n) is 8.72. The van der Waals surface area contributed by atoms with Crippen molar-refractivity contribution in [1.82, 2.24) is 15.2 Å². The molecule has 2 aromatic rings. The highest BCUT2D eigenvalue weighted by Crippen LogP contribution is 2.16. The summed E-state index contributed by atoms with van der Waals surface area (Å²) in [6.45, 7) is 4.48. The van der Waals surface area contributed by atoms with Crippen LogP contribution in [0.4, 0.5) is 5.69 Å². The second-order valence-electron chi connectivity index (χ2n) is 6.14. The quantitative estimate of drug-likeness (QED) is 0.791. The molecule has 3 rings (SSSR count). The second-order valence-corrected chi connectivity index (χ2v) is 6.57. The van der Waals surface area contributed by atoms with E-state index >= 15 is 0 Å². The van der Waals surface area contributed by atoms with Crippen molar-refractivity contribution in [2.24, 2.45) is 0 Å². The van der Waals surface area contributed by atoms with Crippen molar-refractivity contribution in [2.45, 2.75) is 0 Å². The van der Waals surface area contributed by atoms with Gasteiger partial charge in [-0.25, -0.2) is 0 Å². The fraction of sp³-hybridized carbons (Fsp3) is 0.316. The van der Waals surface area contributed by atoms with E-state index in [1.54, 1.807) is 24.3 Å². The molecule has 27 heavy (non-hydrogen) atoms. The summed E-state index contributed by atoms with van der Waals surface area (Å²) < 4.78 is 5.30. The van der Waals surface area contributed by atoms with Gasteiger partial charge >= 0.3 is 0 Å². The fourth-order valence-electron chi connectivity index (χ4n) is 2.71. The van der Waals surface area contributed by atoms with Crippen molar-refractivity contribution < 1.29 is 14.3 Å². The van der Waals surface area contributed by atoms with E-state index in [0.29, 0.717) is 28.4 Å². The van der Waals surface area contributed by atoms with Crippen LogP contribution in [-0.4, -0.2) is 61.1 Å². The van der Waals surface area contributed by atoms with Crippen molar-refractivity contribution in [3.8, 4) is 0 Å². The Morgan fingerprint density at radius 1 is 1.11 bits per heavy atom. The van der Waals surface area contributed by atoms with Crippen LogP contribution in [0.1, 0.15) is 20.7 Å². The Morgan fingerprint density at radius 2 is 1.85 bits per heavy atom. The lowest BCUT2D eigenvalue weighted by Crippen LogP contribution is -2.41. The molecule has 0 atom stereocenters. The molecule has 1 saturated heterocycles. The highest BCUT2D eigenvalue weighted by molar-refractivity contribution is 6.31.